The SMILES string of the molecule is CN(I)C1CC2C=C3CC(C1)C3(C)O2. The van der Waals surface area contributed by atoms with Crippen LogP contribution in [0, 0.1) is 5.92 Å². The van der Waals surface area contributed by atoms with Crippen LogP contribution in [0.3, 0.4) is 0 Å². The molecule has 0 aromatic rings. The molecule has 1 saturated heterocycles. The Bertz CT molecular complexity index is 302. The van der Waals surface area contributed by atoms with Crippen LogP contribution in [0.2, 0.25) is 0 Å². The zero-order valence-corrected chi connectivity index (χ0v) is 10.8. The first-order valence-electron chi connectivity index (χ1n) is 5.37. The Hall–Kier alpha value is 0.390. The first-order chi connectivity index (χ1) is 6.59. The summed E-state index contributed by atoms with van der Waals surface area (Å²) in [6, 6.07) is 0.700. The molecule has 2 heterocycles. The molecule has 0 aromatic carbocycles. The fourth-order valence-corrected chi connectivity index (χ4v) is 3.63. The summed E-state index contributed by atoms with van der Waals surface area (Å²) in [6.07, 6.45) is 6.54. The molecule has 4 atom stereocenters. The monoisotopic (exact) mass is 305 g/mol. The minimum Gasteiger partial charge on any atom is -0.363 e. The molecular formula is C11H16INO. The van der Waals surface area contributed by atoms with E-state index in [-0.39, 0.29) is 5.60 Å². The molecule has 3 heteroatoms. The van der Waals surface area contributed by atoms with Crippen molar-refractivity contribution in [1.29, 1.82) is 0 Å². The van der Waals surface area contributed by atoms with Gasteiger partial charge in [-0.3, -0.25) is 0 Å². The van der Waals surface area contributed by atoms with Gasteiger partial charge in [-0.25, -0.2) is 3.11 Å². The van der Waals surface area contributed by atoms with Crippen LogP contribution in [0.1, 0.15) is 26.2 Å². The van der Waals surface area contributed by atoms with Crippen LogP contribution < -0.4 is 0 Å². The van der Waals surface area contributed by atoms with Crippen molar-refractivity contribution in [1.82, 2.24) is 3.11 Å². The second-order valence-electron chi connectivity index (χ2n) is 5.01. The minimum atomic E-state index is 0.131. The van der Waals surface area contributed by atoms with Crippen molar-refractivity contribution in [3.05, 3.63) is 11.6 Å². The zero-order chi connectivity index (χ0) is 9.92. The second-order valence-corrected chi connectivity index (χ2v) is 6.53. The number of halogens is 1. The number of nitrogens with zero attached hydrogens (tertiary/aromatic N) is 1. The second kappa shape index (κ2) is 2.95. The molecule has 1 saturated carbocycles. The maximum Gasteiger partial charge on any atom is 0.0904 e. The van der Waals surface area contributed by atoms with Crippen LogP contribution in [-0.2, 0) is 4.74 Å². The van der Waals surface area contributed by atoms with Gasteiger partial charge >= 0.3 is 0 Å². The third-order valence-corrected chi connectivity index (χ3v) is 5.02. The normalized spacial score (nSPS) is 50.0. The quantitative estimate of drug-likeness (QED) is 0.419. The van der Waals surface area contributed by atoms with E-state index in [1.165, 1.54) is 19.3 Å². The highest BCUT2D eigenvalue weighted by atomic mass is 127. The van der Waals surface area contributed by atoms with Crippen molar-refractivity contribution < 1.29 is 4.74 Å². The lowest BCUT2D eigenvalue weighted by molar-refractivity contribution is -0.0755. The Morgan fingerprint density at radius 1 is 1.57 bits per heavy atom. The van der Waals surface area contributed by atoms with Gasteiger partial charge < -0.3 is 4.74 Å². The van der Waals surface area contributed by atoms with Gasteiger partial charge in [0.15, 0.2) is 0 Å². The third kappa shape index (κ3) is 1.15. The molecule has 0 amide bonds. The molecule has 3 rings (SSSR count). The van der Waals surface area contributed by atoms with Gasteiger partial charge in [0.05, 0.1) is 11.7 Å². The standard InChI is InChI=1S/C11H16INO/c1-11-7-3-8(11)5-10(14-11)6-9(4-7)13(2)12/h5,7,9-10H,3-4,6H2,1-2H3. The van der Waals surface area contributed by atoms with Crippen LogP contribution in [0.15, 0.2) is 11.6 Å². The summed E-state index contributed by atoms with van der Waals surface area (Å²) in [5, 5.41) is 0. The Balaban J connectivity index is 1.88. The number of hydrogen-bond acceptors (Lipinski definition) is 2. The third-order valence-electron chi connectivity index (χ3n) is 4.23. The van der Waals surface area contributed by atoms with E-state index in [1.54, 1.807) is 5.57 Å². The van der Waals surface area contributed by atoms with Gasteiger partial charge in [-0.2, -0.15) is 0 Å². The van der Waals surface area contributed by atoms with Crippen LogP contribution >= 0.6 is 22.9 Å². The highest BCUT2D eigenvalue weighted by molar-refractivity contribution is 14.1. The predicted octanol–water partition coefficient (Wildman–Crippen LogP) is 2.53. The average Bonchev–Trinajstić information content (AvgIpc) is 2.23. The molecule has 4 unspecified atom stereocenters. The van der Waals surface area contributed by atoms with Gasteiger partial charge in [0.2, 0.25) is 0 Å². The van der Waals surface area contributed by atoms with Crippen LogP contribution in [0.5, 0.6) is 0 Å². The van der Waals surface area contributed by atoms with Gasteiger partial charge in [-0.15, -0.1) is 0 Å². The van der Waals surface area contributed by atoms with Gasteiger partial charge in [-0.1, -0.05) is 6.08 Å². The predicted molar refractivity (Wildman–Crippen MR) is 64.3 cm³/mol. The molecule has 0 aromatic heterocycles. The Morgan fingerprint density at radius 2 is 2.36 bits per heavy atom. The molecule has 3 aliphatic rings. The van der Waals surface area contributed by atoms with E-state index < -0.39 is 0 Å². The molecule has 0 N–H and O–H groups in total. The molecule has 78 valence electrons. The fraction of sp³-hybridized carbons (Fsp3) is 0.818. The molecule has 2 fully saturated rings. The van der Waals surface area contributed by atoms with Crippen molar-refractivity contribution in [2.45, 2.75) is 43.9 Å². The largest absolute Gasteiger partial charge is 0.363 e. The summed E-state index contributed by atoms with van der Waals surface area (Å²) in [6.45, 7) is 2.28. The van der Waals surface area contributed by atoms with Crippen LogP contribution in [0.25, 0.3) is 0 Å². The lowest BCUT2D eigenvalue weighted by Crippen LogP contribution is -2.47. The summed E-state index contributed by atoms with van der Waals surface area (Å²) in [7, 11) is 2.18. The summed E-state index contributed by atoms with van der Waals surface area (Å²) < 4.78 is 8.46. The lowest BCUT2D eigenvalue weighted by atomic mass is 9.64. The van der Waals surface area contributed by atoms with E-state index in [0.29, 0.717) is 12.1 Å². The molecule has 2 nitrogen and oxygen atoms in total. The Kier molecular flexibility index (Phi) is 2.02. The van der Waals surface area contributed by atoms with Crippen molar-refractivity contribution >= 4 is 22.9 Å². The number of fused-ring (bicyclic) bond motifs is 1. The highest BCUT2D eigenvalue weighted by Crippen LogP contribution is 2.56. The van der Waals surface area contributed by atoms with Crippen molar-refractivity contribution in [2.24, 2.45) is 5.92 Å². The van der Waals surface area contributed by atoms with Crippen LogP contribution in [0.4, 0.5) is 0 Å². The Morgan fingerprint density at radius 3 is 3.07 bits per heavy atom. The van der Waals surface area contributed by atoms with E-state index in [1.807, 2.05) is 0 Å². The zero-order valence-electron chi connectivity index (χ0n) is 8.66. The molecule has 1 aliphatic carbocycles. The van der Waals surface area contributed by atoms with Crippen molar-refractivity contribution in [3.8, 4) is 0 Å². The fourth-order valence-electron chi connectivity index (χ4n) is 3.18. The van der Waals surface area contributed by atoms with Gasteiger partial charge in [0, 0.05) is 28.9 Å². The van der Waals surface area contributed by atoms with Gasteiger partial charge in [-0.05, 0) is 44.7 Å². The van der Waals surface area contributed by atoms with Crippen molar-refractivity contribution in [3.63, 3.8) is 0 Å². The van der Waals surface area contributed by atoms with Crippen LogP contribution in [-0.4, -0.2) is 27.9 Å². The average molecular weight is 305 g/mol. The van der Waals surface area contributed by atoms with E-state index in [9.17, 15) is 0 Å². The van der Waals surface area contributed by atoms with E-state index in [4.69, 9.17) is 4.74 Å². The number of ether oxygens (including phenoxy) is 1. The molecule has 14 heavy (non-hydrogen) atoms. The summed E-state index contributed by atoms with van der Waals surface area (Å²) in [5.74, 6) is 0.767. The first kappa shape index (κ1) is 9.60. The lowest BCUT2D eigenvalue weighted by Gasteiger charge is -2.46. The maximum absolute atomic E-state index is 6.13. The van der Waals surface area contributed by atoms with Gasteiger partial charge in [0.1, 0.15) is 0 Å². The van der Waals surface area contributed by atoms with Gasteiger partial charge in [0.25, 0.3) is 0 Å². The summed E-state index contributed by atoms with van der Waals surface area (Å²) in [4.78, 5) is 0. The molecule has 0 radical (unpaired) electrons. The minimum absolute atomic E-state index is 0.131. The van der Waals surface area contributed by atoms with E-state index in [0.717, 1.165) is 5.92 Å². The first-order valence-corrected chi connectivity index (χ1v) is 6.33. The number of hydrogen-bond donors (Lipinski definition) is 0. The Labute approximate surface area is 99.2 Å². The maximum atomic E-state index is 6.13. The molecule has 2 aliphatic heterocycles. The smallest absolute Gasteiger partial charge is 0.0904 e. The molecule has 0 spiro atoms. The van der Waals surface area contributed by atoms with E-state index in [2.05, 4.69) is 46.0 Å². The topological polar surface area (TPSA) is 12.5 Å². The number of rotatable bonds is 1. The highest BCUT2D eigenvalue weighted by Gasteiger charge is 2.55. The van der Waals surface area contributed by atoms with Crippen molar-refractivity contribution in [2.75, 3.05) is 7.05 Å². The molecule has 2 bridgehead atoms. The molecular weight excluding hydrogens is 289 g/mol. The summed E-state index contributed by atoms with van der Waals surface area (Å²) in [5.41, 5.74) is 1.70. The van der Waals surface area contributed by atoms with E-state index >= 15 is 0 Å². The summed E-state index contributed by atoms with van der Waals surface area (Å²) >= 11 is 2.41.